The summed E-state index contributed by atoms with van der Waals surface area (Å²) >= 11 is 0. The van der Waals surface area contributed by atoms with Crippen LogP contribution >= 0.6 is 0 Å². The number of amides is 1. The molecule has 29 heavy (non-hydrogen) atoms. The number of piperidine rings is 1. The van der Waals surface area contributed by atoms with Crippen molar-refractivity contribution in [3.8, 4) is 11.3 Å². The molecule has 0 aliphatic carbocycles. The average molecular weight is 393 g/mol. The van der Waals surface area contributed by atoms with Crippen molar-refractivity contribution in [2.75, 3.05) is 13.1 Å². The minimum absolute atomic E-state index is 0.114. The summed E-state index contributed by atoms with van der Waals surface area (Å²) in [6.07, 6.45) is 2.43. The highest BCUT2D eigenvalue weighted by Gasteiger charge is 2.26. The Morgan fingerprint density at radius 1 is 1.21 bits per heavy atom. The number of likely N-dealkylation sites (tertiary alicyclic amines) is 1. The summed E-state index contributed by atoms with van der Waals surface area (Å²) in [6.45, 7) is 5.25. The summed E-state index contributed by atoms with van der Waals surface area (Å²) < 4.78 is 18.8. The molecule has 3 heterocycles. The Balaban J connectivity index is 1.48. The number of hydrogen-bond acceptors (Lipinski definition) is 4. The Hall–Kier alpha value is -3.02. The molecule has 0 bridgehead atoms. The number of rotatable bonds is 4. The highest BCUT2D eigenvalue weighted by Crippen LogP contribution is 2.31. The number of aryl methyl sites for hydroxylation is 2. The summed E-state index contributed by atoms with van der Waals surface area (Å²) in [4.78, 5) is 19.3. The summed E-state index contributed by atoms with van der Waals surface area (Å²) in [5, 5.41) is 4.08. The fourth-order valence-corrected chi connectivity index (χ4v) is 3.99. The predicted molar refractivity (Wildman–Crippen MR) is 108 cm³/mol. The highest BCUT2D eigenvalue weighted by molar-refractivity contribution is 5.94. The molecule has 1 saturated heterocycles. The standard InChI is InChI=1S/C23H24FN3O2/c1-3-21-22(15(2)26-29-21)20-9-5-8-19(25-20)16-10-12-27(13-11-16)23(28)17-6-4-7-18(24)14-17/h4-9,14,16H,3,10-13H2,1-2H3. The molecular weight excluding hydrogens is 369 g/mol. The van der Waals surface area contributed by atoms with Crippen molar-refractivity contribution in [3.63, 3.8) is 0 Å². The second-order valence-corrected chi connectivity index (χ2v) is 7.44. The van der Waals surface area contributed by atoms with E-state index in [1.54, 1.807) is 17.0 Å². The van der Waals surface area contributed by atoms with Crippen molar-refractivity contribution < 1.29 is 13.7 Å². The molecule has 0 radical (unpaired) electrons. The van der Waals surface area contributed by atoms with E-state index in [1.807, 2.05) is 32.0 Å². The third-order valence-corrected chi connectivity index (χ3v) is 5.55. The van der Waals surface area contributed by atoms with Gasteiger partial charge in [-0.2, -0.15) is 0 Å². The van der Waals surface area contributed by atoms with Crippen molar-refractivity contribution in [3.05, 3.63) is 71.0 Å². The predicted octanol–water partition coefficient (Wildman–Crippen LogP) is 4.77. The lowest BCUT2D eigenvalue weighted by Crippen LogP contribution is -2.38. The average Bonchev–Trinajstić information content (AvgIpc) is 3.14. The van der Waals surface area contributed by atoms with Crippen LogP contribution in [-0.4, -0.2) is 34.0 Å². The van der Waals surface area contributed by atoms with Gasteiger partial charge in [0, 0.05) is 36.7 Å². The molecule has 1 aromatic carbocycles. The Labute approximate surface area is 169 Å². The van der Waals surface area contributed by atoms with Crippen LogP contribution in [0.3, 0.4) is 0 Å². The van der Waals surface area contributed by atoms with Gasteiger partial charge in [-0.15, -0.1) is 0 Å². The lowest BCUT2D eigenvalue weighted by Gasteiger charge is -2.32. The van der Waals surface area contributed by atoms with Crippen molar-refractivity contribution in [1.82, 2.24) is 15.0 Å². The van der Waals surface area contributed by atoms with Gasteiger partial charge in [-0.25, -0.2) is 4.39 Å². The summed E-state index contributed by atoms with van der Waals surface area (Å²) in [5.74, 6) is 0.638. The molecule has 1 fully saturated rings. The van der Waals surface area contributed by atoms with Crippen LogP contribution in [-0.2, 0) is 6.42 Å². The molecule has 1 amide bonds. The van der Waals surface area contributed by atoms with Crippen LogP contribution in [0.4, 0.5) is 4.39 Å². The summed E-state index contributed by atoms with van der Waals surface area (Å²) in [7, 11) is 0. The monoisotopic (exact) mass is 393 g/mol. The van der Waals surface area contributed by atoms with E-state index in [-0.39, 0.29) is 17.6 Å². The lowest BCUT2D eigenvalue weighted by molar-refractivity contribution is 0.0711. The van der Waals surface area contributed by atoms with Gasteiger partial charge in [0.05, 0.1) is 17.0 Å². The van der Waals surface area contributed by atoms with E-state index >= 15 is 0 Å². The Morgan fingerprint density at radius 2 is 1.97 bits per heavy atom. The van der Waals surface area contributed by atoms with Gasteiger partial charge in [-0.3, -0.25) is 9.78 Å². The van der Waals surface area contributed by atoms with Crippen molar-refractivity contribution in [2.24, 2.45) is 0 Å². The van der Waals surface area contributed by atoms with Gasteiger partial charge in [-0.05, 0) is 50.1 Å². The number of pyridine rings is 1. The number of carbonyl (C=O) groups excluding carboxylic acids is 1. The van der Waals surface area contributed by atoms with E-state index < -0.39 is 0 Å². The van der Waals surface area contributed by atoms with E-state index in [9.17, 15) is 9.18 Å². The first-order chi connectivity index (χ1) is 14.1. The summed E-state index contributed by atoms with van der Waals surface area (Å²) in [5.41, 5.74) is 4.15. The topological polar surface area (TPSA) is 59.2 Å². The van der Waals surface area contributed by atoms with Crippen LogP contribution in [0.1, 0.15) is 53.2 Å². The van der Waals surface area contributed by atoms with E-state index in [1.165, 1.54) is 12.1 Å². The minimum Gasteiger partial charge on any atom is -0.360 e. The minimum atomic E-state index is -0.387. The first-order valence-corrected chi connectivity index (χ1v) is 10.0. The zero-order chi connectivity index (χ0) is 20.4. The van der Waals surface area contributed by atoms with Gasteiger partial charge in [0.15, 0.2) is 0 Å². The van der Waals surface area contributed by atoms with Gasteiger partial charge >= 0.3 is 0 Å². The van der Waals surface area contributed by atoms with Crippen molar-refractivity contribution in [1.29, 1.82) is 0 Å². The largest absolute Gasteiger partial charge is 0.360 e. The maximum absolute atomic E-state index is 13.4. The molecule has 4 rings (SSSR count). The van der Waals surface area contributed by atoms with E-state index in [2.05, 4.69) is 5.16 Å². The number of hydrogen-bond donors (Lipinski definition) is 0. The first-order valence-electron chi connectivity index (χ1n) is 10.0. The maximum Gasteiger partial charge on any atom is 0.253 e. The second kappa shape index (κ2) is 8.15. The molecule has 0 atom stereocenters. The fraction of sp³-hybridized carbons (Fsp3) is 0.348. The first kappa shape index (κ1) is 19.3. The summed E-state index contributed by atoms with van der Waals surface area (Å²) in [6, 6.07) is 11.9. The van der Waals surface area contributed by atoms with Crippen LogP contribution in [0.15, 0.2) is 47.0 Å². The van der Waals surface area contributed by atoms with E-state index in [0.717, 1.165) is 47.7 Å². The number of nitrogens with zero attached hydrogens (tertiary/aromatic N) is 3. The SMILES string of the molecule is CCc1onc(C)c1-c1cccc(C2CCN(C(=O)c3cccc(F)c3)CC2)n1. The number of carbonyl (C=O) groups is 1. The Kier molecular flexibility index (Phi) is 5.43. The second-order valence-electron chi connectivity index (χ2n) is 7.44. The molecule has 1 aliphatic heterocycles. The molecule has 2 aromatic heterocycles. The fourth-order valence-electron chi connectivity index (χ4n) is 3.99. The van der Waals surface area contributed by atoms with Gasteiger partial charge < -0.3 is 9.42 Å². The highest BCUT2D eigenvalue weighted by atomic mass is 19.1. The van der Waals surface area contributed by atoms with Crippen molar-refractivity contribution >= 4 is 5.91 Å². The smallest absolute Gasteiger partial charge is 0.253 e. The van der Waals surface area contributed by atoms with Gasteiger partial charge in [0.25, 0.3) is 5.91 Å². The number of benzene rings is 1. The molecule has 0 N–H and O–H groups in total. The lowest BCUT2D eigenvalue weighted by atomic mass is 9.92. The molecule has 0 spiro atoms. The number of aromatic nitrogens is 2. The van der Waals surface area contributed by atoms with Gasteiger partial charge in [-0.1, -0.05) is 24.2 Å². The quantitative estimate of drug-likeness (QED) is 0.641. The van der Waals surface area contributed by atoms with E-state index in [4.69, 9.17) is 9.51 Å². The van der Waals surface area contributed by atoms with Gasteiger partial charge in [0.2, 0.25) is 0 Å². The van der Waals surface area contributed by atoms with Crippen LogP contribution < -0.4 is 0 Å². The van der Waals surface area contributed by atoms with Crippen molar-refractivity contribution in [2.45, 2.75) is 39.0 Å². The van der Waals surface area contributed by atoms with Crippen LogP contribution in [0.2, 0.25) is 0 Å². The van der Waals surface area contributed by atoms with Crippen LogP contribution in [0, 0.1) is 12.7 Å². The number of halogens is 1. The molecule has 5 nitrogen and oxygen atoms in total. The Morgan fingerprint density at radius 3 is 2.69 bits per heavy atom. The van der Waals surface area contributed by atoms with Gasteiger partial charge in [0.1, 0.15) is 11.6 Å². The van der Waals surface area contributed by atoms with E-state index in [0.29, 0.717) is 18.7 Å². The van der Waals surface area contributed by atoms with Crippen LogP contribution in [0.25, 0.3) is 11.3 Å². The zero-order valence-corrected chi connectivity index (χ0v) is 16.7. The maximum atomic E-state index is 13.4. The molecular formula is C23H24FN3O2. The molecule has 150 valence electrons. The molecule has 6 heteroatoms. The van der Waals surface area contributed by atoms with Crippen LogP contribution in [0.5, 0.6) is 0 Å². The molecule has 1 aliphatic rings. The Bertz CT molecular complexity index is 1020. The molecule has 0 saturated carbocycles. The normalized spacial score (nSPS) is 14.9. The third kappa shape index (κ3) is 3.92. The third-order valence-electron chi connectivity index (χ3n) is 5.55. The molecule has 3 aromatic rings. The molecule has 0 unspecified atom stereocenters. The zero-order valence-electron chi connectivity index (χ0n) is 16.7.